The number of anilines is 1. The van der Waals surface area contributed by atoms with Gasteiger partial charge in [0, 0.05) is 5.39 Å². The molecule has 2 atom stereocenters. The van der Waals surface area contributed by atoms with Crippen LogP contribution in [0.2, 0.25) is 0 Å². The molecule has 7 nitrogen and oxygen atoms in total. The summed E-state index contributed by atoms with van der Waals surface area (Å²) in [5, 5.41) is 4.13. The second kappa shape index (κ2) is 8.03. The number of para-hydroxylation sites is 1. The number of rotatable bonds is 4. The Morgan fingerprint density at radius 1 is 1.15 bits per heavy atom. The summed E-state index contributed by atoms with van der Waals surface area (Å²) in [4.78, 5) is 28.7. The van der Waals surface area contributed by atoms with Crippen LogP contribution in [0.5, 0.6) is 0 Å². The van der Waals surface area contributed by atoms with E-state index < -0.39 is 18.3 Å². The highest BCUT2D eigenvalue weighted by Gasteiger charge is 2.31. The zero-order valence-corrected chi connectivity index (χ0v) is 14.9. The van der Waals surface area contributed by atoms with Crippen molar-refractivity contribution in [1.82, 2.24) is 4.98 Å². The number of nitrogens with one attached hydrogen (secondary N) is 1. The number of carbonyl (C=O) groups excluding carboxylic acids is 2. The molecule has 138 valence electrons. The number of aromatic nitrogens is 1. The average Bonchev–Trinajstić information content (AvgIpc) is 2.80. The van der Waals surface area contributed by atoms with E-state index >= 15 is 0 Å². The Bertz CT molecular complexity index is 808. The molecule has 1 aliphatic heterocycles. The molecule has 0 saturated carbocycles. The van der Waals surface area contributed by atoms with Crippen LogP contribution in [0, 0.1) is 0 Å². The predicted molar refractivity (Wildman–Crippen MR) is 95.9 cm³/mol. The van der Waals surface area contributed by atoms with Crippen molar-refractivity contribution in [2.45, 2.75) is 38.8 Å². The lowest BCUT2D eigenvalue weighted by Gasteiger charge is -2.17. The molecule has 2 heterocycles. The van der Waals surface area contributed by atoms with Crippen molar-refractivity contribution in [3.8, 4) is 0 Å². The summed E-state index contributed by atoms with van der Waals surface area (Å²) in [6.45, 7) is 4.02. The fourth-order valence-electron chi connectivity index (χ4n) is 3.01. The number of fused-ring (bicyclic) bond motifs is 2. The van der Waals surface area contributed by atoms with Gasteiger partial charge >= 0.3 is 12.1 Å². The van der Waals surface area contributed by atoms with Crippen molar-refractivity contribution in [2.75, 3.05) is 18.5 Å². The van der Waals surface area contributed by atoms with Gasteiger partial charge in [-0.15, -0.1) is 0 Å². The number of pyridine rings is 1. The normalized spacial score (nSPS) is 19.0. The number of esters is 1. The fraction of sp³-hybridized carbons (Fsp3) is 0.421. The Morgan fingerprint density at radius 3 is 2.69 bits per heavy atom. The van der Waals surface area contributed by atoms with Gasteiger partial charge in [-0.05, 0) is 38.8 Å². The van der Waals surface area contributed by atoms with Gasteiger partial charge in [-0.1, -0.05) is 18.2 Å². The quantitative estimate of drug-likeness (QED) is 0.836. The van der Waals surface area contributed by atoms with Crippen molar-refractivity contribution in [3.05, 3.63) is 36.0 Å². The summed E-state index contributed by atoms with van der Waals surface area (Å²) < 4.78 is 15.5. The third-order valence-corrected chi connectivity index (χ3v) is 4.18. The maximum Gasteiger partial charge on any atom is 0.508 e. The van der Waals surface area contributed by atoms with Gasteiger partial charge < -0.3 is 19.5 Å². The van der Waals surface area contributed by atoms with E-state index in [-0.39, 0.29) is 12.6 Å². The summed E-state index contributed by atoms with van der Waals surface area (Å²) in [5.74, 6) is -0.330. The molecule has 0 radical (unpaired) electrons. The minimum absolute atomic E-state index is 0.229. The van der Waals surface area contributed by atoms with E-state index in [9.17, 15) is 9.59 Å². The zero-order valence-electron chi connectivity index (χ0n) is 14.9. The van der Waals surface area contributed by atoms with Crippen molar-refractivity contribution in [2.24, 2.45) is 0 Å². The maximum atomic E-state index is 12.2. The zero-order chi connectivity index (χ0) is 18.5. The fourth-order valence-corrected chi connectivity index (χ4v) is 3.01. The molecule has 0 saturated heterocycles. The number of hydrogen-bond acceptors (Lipinski definition) is 7. The molecule has 7 heteroatoms. The molecule has 2 aromatic rings. The van der Waals surface area contributed by atoms with Gasteiger partial charge in [-0.25, -0.2) is 14.6 Å². The van der Waals surface area contributed by atoms with Gasteiger partial charge in [0.1, 0.15) is 17.8 Å². The molecule has 0 aliphatic carbocycles. The van der Waals surface area contributed by atoms with Crippen LogP contribution in [0.3, 0.4) is 0 Å². The second-order valence-corrected chi connectivity index (χ2v) is 5.93. The van der Waals surface area contributed by atoms with E-state index in [2.05, 4.69) is 10.3 Å². The third kappa shape index (κ3) is 3.87. The summed E-state index contributed by atoms with van der Waals surface area (Å²) in [6.07, 6.45) is -0.447. The Hall–Kier alpha value is -2.83. The third-order valence-electron chi connectivity index (χ3n) is 4.18. The molecule has 2 unspecified atom stereocenters. The standard InChI is InChI=1S/C19H22N2O5/c1-3-24-18(22)14-9-10-16(26-19(23)25-4-2)17-15(20-14)11-12-7-5-6-8-13(12)21-17/h5-8,11,14,16,20H,3-4,9-10H2,1-2H3. The lowest BCUT2D eigenvalue weighted by atomic mass is 10.1. The largest absolute Gasteiger partial charge is 0.508 e. The van der Waals surface area contributed by atoms with Crippen LogP contribution in [0.4, 0.5) is 10.5 Å². The van der Waals surface area contributed by atoms with Gasteiger partial charge in [0.05, 0.1) is 24.4 Å². The van der Waals surface area contributed by atoms with Crippen LogP contribution in [-0.2, 0) is 19.0 Å². The van der Waals surface area contributed by atoms with E-state index in [1.807, 2.05) is 30.3 Å². The molecular formula is C19H22N2O5. The van der Waals surface area contributed by atoms with Gasteiger partial charge in [0.2, 0.25) is 0 Å². The molecule has 1 aromatic heterocycles. The van der Waals surface area contributed by atoms with Crippen molar-refractivity contribution < 1.29 is 23.8 Å². The van der Waals surface area contributed by atoms with Crippen LogP contribution in [-0.4, -0.2) is 36.4 Å². The van der Waals surface area contributed by atoms with Crippen molar-refractivity contribution >= 4 is 28.7 Å². The molecule has 0 spiro atoms. The summed E-state index contributed by atoms with van der Waals surface area (Å²) in [6, 6.07) is 9.04. The van der Waals surface area contributed by atoms with Gasteiger partial charge in [0.15, 0.2) is 0 Å². The minimum atomic E-state index is -0.743. The predicted octanol–water partition coefficient (Wildman–Crippen LogP) is 3.59. The monoisotopic (exact) mass is 358 g/mol. The van der Waals surface area contributed by atoms with Crippen LogP contribution >= 0.6 is 0 Å². The SMILES string of the molecule is CCOC(=O)OC1CCC(C(=O)OCC)Nc2cc3ccccc3nc21. The van der Waals surface area contributed by atoms with Crippen LogP contribution in [0.15, 0.2) is 30.3 Å². The highest BCUT2D eigenvalue weighted by molar-refractivity contribution is 5.85. The Morgan fingerprint density at radius 2 is 1.92 bits per heavy atom. The molecule has 0 bridgehead atoms. The summed E-state index contributed by atoms with van der Waals surface area (Å²) in [5.41, 5.74) is 2.04. The van der Waals surface area contributed by atoms with Gasteiger partial charge in [0.25, 0.3) is 0 Å². The Kier molecular flexibility index (Phi) is 5.55. The van der Waals surface area contributed by atoms with E-state index in [1.54, 1.807) is 13.8 Å². The molecule has 0 fully saturated rings. The molecule has 1 aromatic carbocycles. The molecule has 26 heavy (non-hydrogen) atoms. The number of nitrogens with zero attached hydrogens (tertiary/aromatic N) is 1. The topological polar surface area (TPSA) is 86.8 Å². The lowest BCUT2D eigenvalue weighted by Crippen LogP contribution is -2.30. The minimum Gasteiger partial charge on any atom is -0.464 e. The summed E-state index contributed by atoms with van der Waals surface area (Å²) in [7, 11) is 0. The number of ether oxygens (including phenoxy) is 3. The van der Waals surface area contributed by atoms with Crippen LogP contribution in [0.25, 0.3) is 10.9 Å². The van der Waals surface area contributed by atoms with Gasteiger partial charge in [-0.3, -0.25) is 0 Å². The van der Waals surface area contributed by atoms with Crippen molar-refractivity contribution in [3.63, 3.8) is 0 Å². The first kappa shape index (κ1) is 18.0. The maximum absolute atomic E-state index is 12.2. The number of carbonyl (C=O) groups is 2. The van der Waals surface area contributed by atoms with Crippen molar-refractivity contribution in [1.29, 1.82) is 0 Å². The average molecular weight is 358 g/mol. The molecular weight excluding hydrogens is 336 g/mol. The van der Waals surface area contributed by atoms with E-state index in [0.717, 1.165) is 10.9 Å². The first-order chi connectivity index (χ1) is 12.6. The smallest absolute Gasteiger partial charge is 0.464 e. The molecule has 0 amide bonds. The van der Waals surface area contributed by atoms with Crippen LogP contribution < -0.4 is 5.32 Å². The summed E-state index contributed by atoms with van der Waals surface area (Å²) >= 11 is 0. The highest BCUT2D eigenvalue weighted by atomic mass is 16.7. The number of hydrogen-bond donors (Lipinski definition) is 1. The van der Waals surface area contributed by atoms with E-state index in [4.69, 9.17) is 14.2 Å². The molecule has 1 aliphatic rings. The molecule has 3 rings (SSSR count). The lowest BCUT2D eigenvalue weighted by molar-refractivity contribution is -0.144. The van der Waals surface area contributed by atoms with E-state index in [0.29, 0.717) is 30.8 Å². The number of benzene rings is 1. The first-order valence-electron chi connectivity index (χ1n) is 8.78. The van der Waals surface area contributed by atoms with E-state index in [1.165, 1.54) is 0 Å². The van der Waals surface area contributed by atoms with Crippen LogP contribution in [0.1, 0.15) is 38.5 Å². The second-order valence-electron chi connectivity index (χ2n) is 5.93. The Labute approximate surface area is 151 Å². The highest BCUT2D eigenvalue weighted by Crippen LogP contribution is 2.35. The Balaban J connectivity index is 1.98. The molecule has 1 N–H and O–H groups in total. The first-order valence-corrected chi connectivity index (χ1v) is 8.78. The van der Waals surface area contributed by atoms with Gasteiger partial charge in [-0.2, -0.15) is 0 Å².